The van der Waals surface area contributed by atoms with Gasteiger partial charge in [0.2, 0.25) is 0 Å². The van der Waals surface area contributed by atoms with Crippen molar-refractivity contribution in [3.63, 3.8) is 0 Å². The number of benzene rings is 2. The number of anilines is 2. The van der Waals surface area contributed by atoms with Crippen LogP contribution in [0.15, 0.2) is 54.6 Å². The van der Waals surface area contributed by atoms with Crippen molar-refractivity contribution in [1.29, 1.82) is 0 Å². The van der Waals surface area contributed by atoms with Crippen LogP contribution >= 0.6 is 0 Å². The molecule has 2 amide bonds. The Labute approximate surface area is 163 Å². The third kappa shape index (κ3) is 4.85. The van der Waals surface area contributed by atoms with Gasteiger partial charge in [-0.3, -0.25) is 15.1 Å². The van der Waals surface area contributed by atoms with Crippen molar-refractivity contribution >= 4 is 34.3 Å². The molecule has 0 aliphatic heterocycles. The van der Waals surface area contributed by atoms with Gasteiger partial charge in [-0.1, -0.05) is 18.2 Å². The minimum Gasteiger partial charge on any atom is -0.444 e. The highest BCUT2D eigenvalue weighted by molar-refractivity contribution is 6.12. The van der Waals surface area contributed by atoms with Crippen molar-refractivity contribution in [3.8, 4) is 0 Å². The van der Waals surface area contributed by atoms with E-state index in [0.717, 1.165) is 16.6 Å². The summed E-state index contributed by atoms with van der Waals surface area (Å²) in [6.45, 7) is 7.27. The highest BCUT2D eigenvalue weighted by Crippen LogP contribution is 2.21. The van der Waals surface area contributed by atoms with E-state index in [1.54, 1.807) is 51.1 Å². The molecule has 0 fully saturated rings. The van der Waals surface area contributed by atoms with E-state index in [-0.39, 0.29) is 5.91 Å². The summed E-state index contributed by atoms with van der Waals surface area (Å²) in [6, 6.07) is 16.2. The van der Waals surface area contributed by atoms with Crippen LogP contribution in [-0.2, 0) is 4.74 Å². The Morgan fingerprint density at radius 1 is 0.929 bits per heavy atom. The zero-order chi connectivity index (χ0) is 20.3. The van der Waals surface area contributed by atoms with Crippen molar-refractivity contribution in [2.75, 3.05) is 10.6 Å². The fraction of sp³-hybridized carbons (Fsp3) is 0.227. The van der Waals surface area contributed by atoms with Gasteiger partial charge in [-0.15, -0.1) is 0 Å². The molecule has 0 aliphatic carbocycles. The molecule has 0 spiro atoms. The molecule has 144 valence electrons. The van der Waals surface area contributed by atoms with Crippen LogP contribution in [-0.4, -0.2) is 22.6 Å². The van der Waals surface area contributed by atoms with E-state index in [1.165, 1.54) is 0 Å². The molecule has 0 atom stereocenters. The van der Waals surface area contributed by atoms with E-state index in [0.29, 0.717) is 16.9 Å². The monoisotopic (exact) mass is 377 g/mol. The minimum atomic E-state index is -0.566. The molecule has 2 N–H and O–H groups in total. The molecule has 1 heterocycles. The summed E-state index contributed by atoms with van der Waals surface area (Å²) in [5.41, 5.74) is 2.77. The Morgan fingerprint density at radius 3 is 2.18 bits per heavy atom. The van der Waals surface area contributed by atoms with Crippen LogP contribution in [0, 0.1) is 6.92 Å². The number of carbonyl (C=O) groups is 2. The number of rotatable bonds is 3. The maximum Gasteiger partial charge on any atom is 0.412 e. The lowest BCUT2D eigenvalue weighted by Gasteiger charge is -2.19. The number of hydrogen-bond donors (Lipinski definition) is 2. The molecule has 0 saturated carbocycles. The van der Waals surface area contributed by atoms with Gasteiger partial charge in [-0.25, -0.2) is 4.79 Å². The Hall–Kier alpha value is -3.41. The lowest BCUT2D eigenvalue weighted by Crippen LogP contribution is -2.27. The zero-order valence-corrected chi connectivity index (χ0v) is 16.4. The zero-order valence-electron chi connectivity index (χ0n) is 16.4. The Morgan fingerprint density at radius 2 is 1.54 bits per heavy atom. The van der Waals surface area contributed by atoms with Crippen LogP contribution in [0.2, 0.25) is 0 Å². The summed E-state index contributed by atoms with van der Waals surface area (Å²) in [5.74, 6) is -0.213. The van der Waals surface area contributed by atoms with Gasteiger partial charge in [0, 0.05) is 22.5 Å². The van der Waals surface area contributed by atoms with Crippen molar-refractivity contribution in [3.05, 3.63) is 65.9 Å². The number of nitrogens with one attached hydrogen (secondary N) is 2. The molecule has 28 heavy (non-hydrogen) atoms. The van der Waals surface area contributed by atoms with Crippen LogP contribution in [0.25, 0.3) is 10.9 Å². The lowest BCUT2D eigenvalue weighted by atomic mass is 10.1. The molecule has 0 radical (unpaired) electrons. The first-order chi connectivity index (χ1) is 13.2. The maximum atomic E-state index is 12.8. The van der Waals surface area contributed by atoms with Crippen molar-refractivity contribution in [2.45, 2.75) is 33.3 Å². The predicted octanol–water partition coefficient (Wildman–Crippen LogP) is 5.14. The number of pyridine rings is 1. The second kappa shape index (κ2) is 7.68. The number of carbonyl (C=O) groups excluding carboxylic acids is 2. The third-order valence-electron chi connectivity index (χ3n) is 3.88. The van der Waals surface area contributed by atoms with Crippen LogP contribution in [0.1, 0.15) is 36.8 Å². The van der Waals surface area contributed by atoms with Gasteiger partial charge in [0.1, 0.15) is 5.60 Å². The Bertz CT molecular complexity index is 1020. The van der Waals surface area contributed by atoms with Crippen LogP contribution < -0.4 is 10.6 Å². The van der Waals surface area contributed by atoms with Crippen molar-refractivity contribution < 1.29 is 14.3 Å². The first kappa shape index (κ1) is 19.4. The summed E-state index contributed by atoms with van der Waals surface area (Å²) in [6.07, 6.45) is -0.525. The average Bonchev–Trinajstić information content (AvgIpc) is 2.61. The van der Waals surface area contributed by atoms with Gasteiger partial charge in [0.05, 0.1) is 11.1 Å². The van der Waals surface area contributed by atoms with Crippen molar-refractivity contribution in [1.82, 2.24) is 4.98 Å². The van der Waals surface area contributed by atoms with Gasteiger partial charge in [-0.2, -0.15) is 0 Å². The first-order valence-corrected chi connectivity index (χ1v) is 8.99. The number of nitrogens with zero attached hydrogens (tertiary/aromatic N) is 1. The van der Waals surface area contributed by atoms with E-state index < -0.39 is 11.7 Å². The molecule has 3 rings (SSSR count). The van der Waals surface area contributed by atoms with Gasteiger partial charge in [0.15, 0.2) is 0 Å². The minimum absolute atomic E-state index is 0.213. The Balaban J connectivity index is 1.73. The van der Waals surface area contributed by atoms with E-state index in [9.17, 15) is 9.59 Å². The summed E-state index contributed by atoms with van der Waals surface area (Å²) >= 11 is 0. The molecule has 2 aromatic carbocycles. The smallest absolute Gasteiger partial charge is 0.412 e. The normalized spacial score (nSPS) is 11.1. The van der Waals surface area contributed by atoms with E-state index in [2.05, 4.69) is 15.6 Å². The largest absolute Gasteiger partial charge is 0.444 e. The van der Waals surface area contributed by atoms with Crippen molar-refractivity contribution in [2.24, 2.45) is 0 Å². The van der Waals surface area contributed by atoms with Gasteiger partial charge in [0.25, 0.3) is 5.91 Å². The number of hydrogen-bond acceptors (Lipinski definition) is 4. The van der Waals surface area contributed by atoms with Gasteiger partial charge in [-0.05, 0) is 64.1 Å². The maximum absolute atomic E-state index is 12.8. The fourth-order valence-electron chi connectivity index (χ4n) is 2.75. The van der Waals surface area contributed by atoms with E-state index >= 15 is 0 Å². The highest BCUT2D eigenvalue weighted by atomic mass is 16.6. The predicted molar refractivity (Wildman–Crippen MR) is 111 cm³/mol. The second-order valence-corrected chi connectivity index (χ2v) is 7.49. The average molecular weight is 377 g/mol. The van der Waals surface area contributed by atoms with Crippen LogP contribution in [0.5, 0.6) is 0 Å². The SMILES string of the molecule is Cc1cc(C(=O)Nc2ccc(NC(=O)OC(C)(C)C)cc2)c2ccccc2n1. The Kier molecular flexibility index (Phi) is 5.31. The molecular formula is C22H23N3O3. The summed E-state index contributed by atoms with van der Waals surface area (Å²) in [7, 11) is 0. The summed E-state index contributed by atoms with van der Waals surface area (Å²) in [4.78, 5) is 29.1. The fourth-order valence-corrected chi connectivity index (χ4v) is 2.75. The molecule has 6 heteroatoms. The molecule has 0 saturated heterocycles. The number of aromatic nitrogens is 1. The van der Waals surface area contributed by atoms with Crippen LogP contribution in [0.3, 0.4) is 0 Å². The molecule has 0 unspecified atom stereocenters. The highest BCUT2D eigenvalue weighted by Gasteiger charge is 2.16. The first-order valence-electron chi connectivity index (χ1n) is 8.99. The van der Waals surface area contributed by atoms with E-state index in [4.69, 9.17) is 4.74 Å². The molecule has 0 bridgehead atoms. The summed E-state index contributed by atoms with van der Waals surface area (Å²) < 4.78 is 5.22. The standard InChI is InChI=1S/C22H23N3O3/c1-14-13-18(17-7-5-6-8-19(17)23-14)20(26)24-15-9-11-16(12-10-15)25-21(27)28-22(2,3)4/h5-13H,1-4H3,(H,24,26)(H,25,27). The number of fused-ring (bicyclic) bond motifs is 1. The number of aryl methyl sites for hydroxylation is 1. The number of amides is 2. The summed E-state index contributed by atoms with van der Waals surface area (Å²) in [5, 5.41) is 6.35. The quantitative estimate of drug-likeness (QED) is 0.662. The third-order valence-corrected chi connectivity index (χ3v) is 3.88. The molecule has 6 nitrogen and oxygen atoms in total. The number of ether oxygens (including phenoxy) is 1. The molecule has 1 aromatic heterocycles. The van der Waals surface area contributed by atoms with E-state index in [1.807, 2.05) is 31.2 Å². The van der Waals surface area contributed by atoms with Gasteiger partial charge >= 0.3 is 6.09 Å². The molecule has 0 aliphatic rings. The molecular weight excluding hydrogens is 354 g/mol. The molecule has 3 aromatic rings. The topological polar surface area (TPSA) is 80.3 Å². The van der Waals surface area contributed by atoms with Gasteiger partial charge < -0.3 is 10.1 Å². The number of para-hydroxylation sites is 1. The lowest BCUT2D eigenvalue weighted by molar-refractivity contribution is 0.0635. The van der Waals surface area contributed by atoms with Crippen LogP contribution in [0.4, 0.5) is 16.2 Å². The second-order valence-electron chi connectivity index (χ2n) is 7.49.